The predicted molar refractivity (Wildman–Crippen MR) is 127 cm³/mol. The molecule has 2 saturated carbocycles. The fourth-order valence-electron chi connectivity index (χ4n) is 4.73. The quantitative estimate of drug-likeness (QED) is 0.341. The van der Waals surface area contributed by atoms with Crippen molar-refractivity contribution in [3.05, 3.63) is 60.3 Å². The van der Waals surface area contributed by atoms with E-state index in [1.807, 2.05) is 13.0 Å². The zero-order valence-electron chi connectivity index (χ0n) is 18.1. The van der Waals surface area contributed by atoms with Gasteiger partial charge in [-0.1, -0.05) is 42.1 Å². The van der Waals surface area contributed by atoms with Gasteiger partial charge >= 0.3 is 5.97 Å². The molecule has 0 spiro atoms. The lowest BCUT2D eigenvalue weighted by Crippen LogP contribution is -2.43. The number of imidazole rings is 1. The lowest BCUT2D eigenvalue weighted by atomic mass is 9.84. The van der Waals surface area contributed by atoms with E-state index in [1.165, 1.54) is 29.2 Å². The molecule has 2 aromatic heterocycles. The number of fused-ring (bicyclic) bond motifs is 2. The van der Waals surface area contributed by atoms with E-state index in [-0.39, 0.29) is 5.97 Å². The third-order valence-electron chi connectivity index (χ3n) is 6.69. The lowest BCUT2D eigenvalue weighted by molar-refractivity contribution is -0.148. The Bertz CT molecular complexity index is 1340. The maximum atomic E-state index is 12.9. The van der Waals surface area contributed by atoms with Crippen molar-refractivity contribution in [3.63, 3.8) is 0 Å². The van der Waals surface area contributed by atoms with E-state index >= 15 is 0 Å². The third kappa shape index (κ3) is 3.12. The summed E-state index contributed by atoms with van der Waals surface area (Å²) in [7, 11) is 0. The van der Waals surface area contributed by atoms with Gasteiger partial charge in [-0.15, -0.1) is 0 Å². The van der Waals surface area contributed by atoms with Crippen LogP contribution in [0.25, 0.3) is 27.6 Å². The maximum absolute atomic E-state index is 12.9. The molecule has 2 aliphatic rings. The third-order valence-corrected chi connectivity index (χ3v) is 8.11. The summed E-state index contributed by atoms with van der Waals surface area (Å²) in [5, 5.41) is 3.31. The minimum absolute atomic E-state index is 0.128. The first-order chi connectivity index (χ1) is 15.7. The molecule has 0 unspecified atom stereocenters. The van der Waals surface area contributed by atoms with Gasteiger partial charge in [-0.05, 0) is 74.1 Å². The Morgan fingerprint density at radius 2 is 1.94 bits per heavy atom. The van der Waals surface area contributed by atoms with Crippen molar-refractivity contribution in [3.8, 4) is 5.69 Å². The minimum atomic E-state index is -0.557. The zero-order chi connectivity index (χ0) is 21.7. The summed E-state index contributed by atoms with van der Waals surface area (Å²) in [4.78, 5) is 22.3. The summed E-state index contributed by atoms with van der Waals surface area (Å²) < 4.78 is 7.08. The molecule has 0 radical (unpaired) electrons. The van der Waals surface area contributed by atoms with Gasteiger partial charge < -0.3 is 4.74 Å². The van der Waals surface area contributed by atoms with Crippen LogP contribution in [-0.2, 0) is 9.53 Å². The number of aromatic nitrogens is 3. The Morgan fingerprint density at radius 3 is 2.66 bits per heavy atom. The Morgan fingerprint density at radius 1 is 1.12 bits per heavy atom. The average molecular weight is 444 g/mol. The minimum Gasteiger partial charge on any atom is -0.465 e. The number of hydrogen-bond donors (Lipinski definition) is 0. The molecular formula is C26H25N3O2S. The molecule has 0 amide bonds. The summed E-state index contributed by atoms with van der Waals surface area (Å²) >= 11 is 1.54. The van der Waals surface area contributed by atoms with Crippen LogP contribution >= 0.6 is 11.8 Å². The van der Waals surface area contributed by atoms with Crippen LogP contribution in [0.15, 0.2) is 59.9 Å². The summed E-state index contributed by atoms with van der Waals surface area (Å²) in [6, 6.07) is 17.1. The van der Waals surface area contributed by atoms with Crippen molar-refractivity contribution in [2.45, 2.75) is 54.8 Å². The second-order valence-corrected chi connectivity index (χ2v) is 10.1. The van der Waals surface area contributed by atoms with E-state index in [4.69, 9.17) is 9.72 Å². The maximum Gasteiger partial charge on any atom is 0.322 e. The van der Waals surface area contributed by atoms with Gasteiger partial charge in [0.25, 0.3) is 0 Å². The van der Waals surface area contributed by atoms with Crippen molar-refractivity contribution in [2.24, 2.45) is 0 Å². The van der Waals surface area contributed by atoms with Crippen molar-refractivity contribution >= 4 is 39.7 Å². The Hall–Kier alpha value is -2.86. The van der Waals surface area contributed by atoms with Gasteiger partial charge in [-0.3, -0.25) is 9.36 Å². The highest BCUT2D eigenvalue weighted by molar-refractivity contribution is 8.01. The van der Waals surface area contributed by atoms with Crippen LogP contribution < -0.4 is 0 Å². The highest BCUT2D eigenvalue weighted by Crippen LogP contribution is 2.50. The van der Waals surface area contributed by atoms with Crippen LogP contribution in [0.3, 0.4) is 0 Å². The lowest BCUT2D eigenvalue weighted by Gasteiger charge is -2.37. The molecule has 2 aliphatic carbocycles. The van der Waals surface area contributed by atoms with Crippen LogP contribution in [-0.4, -0.2) is 31.9 Å². The first-order valence-electron chi connectivity index (χ1n) is 11.4. The van der Waals surface area contributed by atoms with Crippen molar-refractivity contribution in [1.82, 2.24) is 14.5 Å². The van der Waals surface area contributed by atoms with Gasteiger partial charge in [0.2, 0.25) is 0 Å². The van der Waals surface area contributed by atoms with Gasteiger partial charge in [0.05, 0.1) is 17.8 Å². The number of ether oxygens (including phenoxy) is 1. The molecule has 2 aromatic carbocycles. The zero-order valence-corrected chi connectivity index (χ0v) is 18.9. The van der Waals surface area contributed by atoms with Crippen LogP contribution in [0.1, 0.15) is 50.5 Å². The summed E-state index contributed by atoms with van der Waals surface area (Å²) in [5.41, 5.74) is 4.17. The Balaban J connectivity index is 1.55. The highest BCUT2D eigenvalue weighted by atomic mass is 32.2. The number of thioether (sulfide) groups is 1. The molecule has 0 bridgehead atoms. The number of carbonyl (C=O) groups excluding carboxylic acids is 1. The van der Waals surface area contributed by atoms with Gasteiger partial charge in [-0.25, -0.2) is 9.97 Å². The first kappa shape index (κ1) is 19.8. The normalized spacial score (nSPS) is 17.4. The molecule has 6 heteroatoms. The second kappa shape index (κ2) is 7.62. The molecule has 2 heterocycles. The number of rotatable bonds is 6. The van der Waals surface area contributed by atoms with Gasteiger partial charge in [-0.2, -0.15) is 0 Å². The number of benzene rings is 2. The molecule has 6 rings (SSSR count). The van der Waals surface area contributed by atoms with Crippen molar-refractivity contribution < 1.29 is 9.53 Å². The molecular weight excluding hydrogens is 418 g/mol. The fraction of sp³-hybridized carbons (Fsp3) is 0.346. The summed E-state index contributed by atoms with van der Waals surface area (Å²) in [6.45, 7) is 2.26. The molecule has 0 saturated heterocycles. The van der Waals surface area contributed by atoms with Crippen molar-refractivity contribution in [2.75, 3.05) is 6.61 Å². The van der Waals surface area contributed by atoms with E-state index in [2.05, 4.69) is 52.0 Å². The molecule has 162 valence electrons. The van der Waals surface area contributed by atoms with Gasteiger partial charge in [0, 0.05) is 11.6 Å². The van der Waals surface area contributed by atoms with E-state index in [0.717, 1.165) is 35.6 Å². The molecule has 0 atom stereocenters. The standard InChI is InChI=1S/C26H25N3O2S/c1-2-31-24(30)26(14-6-15-26)32-25-28-23-22(9-5-16-27-23)29(25)21-13-12-18(17-10-11-17)19-7-3-4-8-20(19)21/h3-5,7-9,12-13,16-17H,2,6,10-11,14-15H2,1H3. The molecule has 0 N–H and O–H groups in total. The number of esters is 1. The smallest absolute Gasteiger partial charge is 0.322 e. The van der Waals surface area contributed by atoms with Crippen LogP contribution in [0.4, 0.5) is 0 Å². The van der Waals surface area contributed by atoms with E-state index < -0.39 is 4.75 Å². The molecule has 0 aliphatic heterocycles. The van der Waals surface area contributed by atoms with Gasteiger partial charge in [0.1, 0.15) is 4.75 Å². The SMILES string of the molecule is CCOC(=O)C1(Sc2nc3ncccc3n2-c2ccc(C3CC3)c3ccccc23)CCC1. The van der Waals surface area contributed by atoms with Gasteiger partial charge in [0.15, 0.2) is 10.8 Å². The number of nitrogens with zero attached hydrogens (tertiary/aromatic N) is 3. The molecule has 32 heavy (non-hydrogen) atoms. The second-order valence-electron chi connectivity index (χ2n) is 8.74. The van der Waals surface area contributed by atoms with Crippen molar-refractivity contribution in [1.29, 1.82) is 0 Å². The summed E-state index contributed by atoms with van der Waals surface area (Å²) in [6.07, 6.45) is 6.97. The molecule has 4 aromatic rings. The van der Waals surface area contributed by atoms with Crippen LogP contribution in [0.5, 0.6) is 0 Å². The fourth-order valence-corrected chi connectivity index (χ4v) is 6.13. The van der Waals surface area contributed by atoms with E-state index in [9.17, 15) is 4.79 Å². The molecule has 5 nitrogen and oxygen atoms in total. The van der Waals surface area contributed by atoms with E-state index in [1.54, 1.807) is 18.0 Å². The largest absolute Gasteiger partial charge is 0.465 e. The van der Waals surface area contributed by atoms with Crippen LogP contribution in [0.2, 0.25) is 0 Å². The first-order valence-corrected chi connectivity index (χ1v) is 12.2. The number of hydrogen-bond acceptors (Lipinski definition) is 5. The topological polar surface area (TPSA) is 57.0 Å². The Labute approximate surface area is 191 Å². The molecule has 2 fully saturated rings. The monoisotopic (exact) mass is 443 g/mol. The predicted octanol–water partition coefficient (Wildman–Crippen LogP) is 6.03. The number of pyridine rings is 1. The Kier molecular flexibility index (Phi) is 4.72. The average Bonchev–Trinajstić information content (AvgIpc) is 3.56. The number of carbonyl (C=O) groups is 1. The summed E-state index contributed by atoms with van der Waals surface area (Å²) in [5.74, 6) is 0.544. The van der Waals surface area contributed by atoms with Crippen LogP contribution in [0, 0.1) is 0 Å². The van der Waals surface area contributed by atoms with E-state index in [0.29, 0.717) is 18.2 Å². The highest BCUT2D eigenvalue weighted by Gasteiger charge is 2.48.